The van der Waals surface area contributed by atoms with Crippen LogP contribution < -0.4 is 4.74 Å². The third kappa shape index (κ3) is 2.62. The maximum absolute atomic E-state index is 5.92. The minimum Gasteiger partial charge on any atom is -0.495 e. The van der Waals surface area contributed by atoms with Gasteiger partial charge in [0, 0.05) is 15.2 Å². The fraction of sp³-hybridized carbons (Fsp3) is 0.0345. The Morgan fingerprint density at radius 1 is 0.452 bits per heavy atom. The van der Waals surface area contributed by atoms with Crippen molar-refractivity contribution < 1.29 is 4.74 Å². The number of ether oxygens (including phenoxy) is 1. The Morgan fingerprint density at radius 2 is 0.742 bits per heavy atom. The van der Waals surface area contributed by atoms with E-state index in [-0.39, 0.29) is 0 Å². The summed E-state index contributed by atoms with van der Waals surface area (Å²) in [5.41, 5.74) is 2.52. The molecule has 0 atom stereocenters. The predicted octanol–water partition coefficient (Wildman–Crippen LogP) is 8.74. The van der Waals surface area contributed by atoms with Gasteiger partial charge in [0.15, 0.2) is 0 Å². The van der Waals surface area contributed by atoms with Crippen LogP contribution in [0.1, 0.15) is 0 Å². The van der Waals surface area contributed by atoms with Gasteiger partial charge in [-0.15, -0.1) is 0 Å². The molecule has 0 aliphatic heterocycles. The van der Waals surface area contributed by atoms with Gasteiger partial charge in [-0.2, -0.15) is 0 Å². The number of hydrogen-bond donors (Lipinski definition) is 0. The maximum atomic E-state index is 5.92. The highest BCUT2D eigenvalue weighted by atomic mass is 79.9. The molecule has 6 aromatic rings. The second-order valence-electron chi connectivity index (χ2n) is 7.78. The average Bonchev–Trinajstić information content (AvgIpc) is 2.84. The summed E-state index contributed by atoms with van der Waals surface area (Å²) in [7, 11) is 1.76. The van der Waals surface area contributed by atoms with Crippen molar-refractivity contribution in [3.05, 3.63) is 102 Å². The van der Waals surface area contributed by atoms with Crippen molar-refractivity contribution in [1.29, 1.82) is 0 Å². The van der Waals surface area contributed by atoms with Crippen LogP contribution in [0.5, 0.6) is 5.75 Å². The summed E-state index contributed by atoms with van der Waals surface area (Å²) in [6.07, 6.45) is 0. The Hall–Kier alpha value is -3.36. The molecular weight excluding hydrogens is 444 g/mol. The molecule has 6 rings (SSSR count). The molecule has 0 aromatic heterocycles. The van der Waals surface area contributed by atoms with Crippen LogP contribution in [0.15, 0.2) is 102 Å². The molecule has 6 aromatic carbocycles. The third-order valence-electron chi connectivity index (χ3n) is 6.20. The SMILES string of the molecule is COc1c2ccccc2c(-c2c3ccccc3c(Br)c3ccccc23)c2ccccc12. The van der Waals surface area contributed by atoms with E-state index in [1.54, 1.807) is 7.11 Å². The van der Waals surface area contributed by atoms with E-state index in [0.29, 0.717) is 0 Å². The number of rotatable bonds is 2. The first-order valence-corrected chi connectivity index (χ1v) is 11.2. The smallest absolute Gasteiger partial charge is 0.134 e. The molecule has 0 N–H and O–H groups in total. The largest absolute Gasteiger partial charge is 0.495 e. The first kappa shape index (κ1) is 18.4. The van der Waals surface area contributed by atoms with Gasteiger partial charge < -0.3 is 4.74 Å². The Bertz CT molecular complexity index is 1520. The van der Waals surface area contributed by atoms with E-state index < -0.39 is 0 Å². The molecule has 1 nitrogen and oxygen atoms in total. The van der Waals surface area contributed by atoms with Gasteiger partial charge in [-0.1, -0.05) is 97.1 Å². The normalized spacial score (nSPS) is 11.5. The van der Waals surface area contributed by atoms with Crippen LogP contribution in [0.25, 0.3) is 54.2 Å². The zero-order valence-corrected chi connectivity index (χ0v) is 18.6. The van der Waals surface area contributed by atoms with Crippen molar-refractivity contribution in [3.8, 4) is 16.9 Å². The topological polar surface area (TPSA) is 9.23 Å². The van der Waals surface area contributed by atoms with Gasteiger partial charge >= 0.3 is 0 Å². The Labute approximate surface area is 189 Å². The quantitative estimate of drug-likeness (QED) is 0.233. The second kappa shape index (κ2) is 7.11. The standard InChI is InChI=1S/C29H19BrO/c1-31-29-24-16-8-4-12-20(24)27(21-13-5-9-17-25(21)29)26-18-10-2-6-14-22(18)28(30)23-15-7-3-11-19(23)26/h2-17H,1H3. The summed E-state index contributed by atoms with van der Waals surface area (Å²) in [5, 5.41) is 9.61. The van der Waals surface area contributed by atoms with E-state index in [2.05, 4.69) is 113 Å². The number of fused-ring (bicyclic) bond motifs is 4. The van der Waals surface area contributed by atoms with Gasteiger partial charge in [0.2, 0.25) is 0 Å². The first-order valence-electron chi connectivity index (χ1n) is 10.4. The van der Waals surface area contributed by atoms with Crippen molar-refractivity contribution in [2.75, 3.05) is 7.11 Å². The lowest BCUT2D eigenvalue weighted by Gasteiger charge is -2.20. The minimum absolute atomic E-state index is 0.931. The third-order valence-corrected chi connectivity index (χ3v) is 7.06. The molecule has 0 heterocycles. The van der Waals surface area contributed by atoms with Crippen molar-refractivity contribution in [3.63, 3.8) is 0 Å². The first-order chi connectivity index (χ1) is 15.3. The van der Waals surface area contributed by atoms with Crippen molar-refractivity contribution in [2.24, 2.45) is 0 Å². The van der Waals surface area contributed by atoms with E-state index in [1.807, 2.05) is 0 Å². The van der Waals surface area contributed by atoms with Crippen LogP contribution in [-0.2, 0) is 0 Å². The van der Waals surface area contributed by atoms with Crippen molar-refractivity contribution >= 4 is 59.0 Å². The number of methoxy groups -OCH3 is 1. The molecule has 31 heavy (non-hydrogen) atoms. The lowest BCUT2D eigenvalue weighted by molar-refractivity contribution is 0.424. The van der Waals surface area contributed by atoms with E-state index in [1.165, 1.54) is 43.4 Å². The van der Waals surface area contributed by atoms with Crippen molar-refractivity contribution in [1.82, 2.24) is 0 Å². The Kier molecular flexibility index (Phi) is 4.22. The highest BCUT2D eigenvalue weighted by Gasteiger charge is 2.20. The van der Waals surface area contributed by atoms with E-state index in [9.17, 15) is 0 Å². The Balaban J connectivity index is 1.96. The predicted molar refractivity (Wildman–Crippen MR) is 136 cm³/mol. The van der Waals surface area contributed by atoms with E-state index in [0.717, 1.165) is 21.0 Å². The fourth-order valence-electron chi connectivity index (χ4n) is 4.92. The summed E-state index contributed by atoms with van der Waals surface area (Å²) in [4.78, 5) is 0. The van der Waals surface area contributed by atoms with Crippen LogP contribution >= 0.6 is 15.9 Å². The Morgan fingerprint density at radius 3 is 1.10 bits per heavy atom. The lowest BCUT2D eigenvalue weighted by atomic mass is 9.86. The average molecular weight is 463 g/mol. The van der Waals surface area contributed by atoms with Crippen LogP contribution in [0.4, 0.5) is 0 Å². The van der Waals surface area contributed by atoms with Crippen LogP contribution in [-0.4, -0.2) is 7.11 Å². The summed E-state index contributed by atoms with van der Waals surface area (Å²) in [5.74, 6) is 0.931. The summed E-state index contributed by atoms with van der Waals surface area (Å²) < 4.78 is 7.06. The van der Waals surface area contributed by atoms with E-state index >= 15 is 0 Å². The van der Waals surface area contributed by atoms with Gasteiger partial charge in [-0.3, -0.25) is 0 Å². The number of halogens is 1. The molecule has 0 spiro atoms. The molecule has 0 unspecified atom stereocenters. The summed E-state index contributed by atoms with van der Waals surface area (Å²) >= 11 is 3.89. The summed E-state index contributed by atoms with van der Waals surface area (Å²) in [6.45, 7) is 0. The number of hydrogen-bond acceptors (Lipinski definition) is 1. The molecule has 0 fully saturated rings. The minimum atomic E-state index is 0.931. The van der Waals surface area contributed by atoms with Gasteiger partial charge in [0.05, 0.1) is 7.11 Å². The second-order valence-corrected chi connectivity index (χ2v) is 8.57. The zero-order valence-electron chi connectivity index (χ0n) is 17.0. The highest BCUT2D eigenvalue weighted by molar-refractivity contribution is 9.10. The van der Waals surface area contributed by atoms with Crippen LogP contribution in [0.3, 0.4) is 0 Å². The van der Waals surface area contributed by atoms with Gasteiger partial charge in [-0.05, 0) is 59.4 Å². The molecule has 0 saturated carbocycles. The van der Waals surface area contributed by atoms with Crippen molar-refractivity contribution in [2.45, 2.75) is 0 Å². The van der Waals surface area contributed by atoms with Gasteiger partial charge in [0.1, 0.15) is 5.75 Å². The van der Waals surface area contributed by atoms with Gasteiger partial charge in [0.25, 0.3) is 0 Å². The molecule has 2 heteroatoms. The van der Waals surface area contributed by atoms with Gasteiger partial charge in [-0.25, -0.2) is 0 Å². The van der Waals surface area contributed by atoms with E-state index in [4.69, 9.17) is 4.74 Å². The lowest BCUT2D eigenvalue weighted by Crippen LogP contribution is -1.94. The molecule has 0 aliphatic carbocycles. The maximum Gasteiger partial charge on any atom is 0.134 e. The molecule has 0 saturated heterocycles. The molecule has 0 aliphatic rings. The molecule has 0 radical (unpaired) electrons. The molecule has 148 valence electrons. The number of benzene rings is 6. The fourth-order valence-corrected chi connectivity index (χ4v) is 5.61. The molecular formula is C29H19BrO. The highest BCUT2D eigenvalue weighted by Crippen LogP contribution is 2.48. The molecule has 0 bridgehead atoms. The molecule has 0 amide bonds. The zero-order chi connectivity index (χ0) is 20.9. The van der Waals surface area contributed by atoms with Crippen LogP contribution in [0.2, 0.25) is 0 Å². The summed E-state index contributed by atoms with van der Waals surface area (Å²) in [6, 6.07) is 34.5. The monoisotopic (exact) mass is 462 g/mol. The van der Waals surface area contributed by atoms with Crippen LogP contribution in [0, 0.1) is 0 Å².